The fourth-order valence-corrected chi connectivity index (χ4v) is 3.92. The molecule has 0 unspecified atom stereocenters. The maximum atomic E-state index is 6.22. The normalized spacial score (nSPS) is 19.0. The highest BCUT2D eigenvalue weighted by molar-refractivity contribution is 8.00. The molecule has 1 aliphatic carbocycles. The van der Waals surface area contributed by atoms with Gasteiger partial charge in [0.15, 0.2) is 0 Å². The minimum absolute atomic E-state index is 0.147. The molecule has 0 aromatic heterocycles. The number of hydrogen-bond donors (Lipinski definition) is 2. The molecule has 0 radical (unpaired) electrons. The molecule has 0 bridgehead atoms. The minimum atomic E-state index is 0.147. The van der Waals surface area contributed by atoms with Gasteiger partial charge in [-0.3, -0.25) is 0 Å². The van der Waals surface area contributed by atoms with Gasteiger partial charge in [0.05, 0.1) is 10.4 Å². The lowest BCUT2D eigenvalue weighted by Crippen LogP contribution is -2.24. The van der Waals surface area contributed by atoms with E-state index in [1.165, 1.54) is 25.7 Å². The minimum Gasteiger partial charge on any atom is -0.399 e. The Morgan fingerprint density at radius 2 is 1.90 bits per heavy atom. The number of nitrogens with two attached hydrogens (primary N) is 2. The fraction of sp³-hybridized carbons (Fsp3) is 0.471. The molecule has 114 valence electrons. The summed E-state index contributed by atoms with van der Waals surface area (Å²) in [6.45, 7) is 2.15. The third kappa shape index (κ3) is 3.62. The Morgan fingerprint density at radius 3 is 2.43 bits per heavy atom. The molecule has 1 aromatic rings. The number of anilines is 1. The second-order valence-corrected chi connectivity index (χ2v) is 6.71. The van der Waals surface area contributed by atoms with Crippen LogP contribution in [0.25, 0.3) is 0 Å². The van der Waals surface area contributed by atoms with Gasteiger partial charge in [-0.15, -0.1) is 0 Å². The second-order valence-electron chi connectivity index (χ2n) is 5.52. The van der Waals surface area contributed by atoms with E-state index < -0.39 is 0 Å². The van der Waals surface area contributed by atoms with Crippen LogP contribution in [-0.4, -0.2) is 16.8 Å². The zero-order valence-electron chi connectivity index (χ0n) is 12.9. The van der Waals surface area contributed by atoms with Crippen LogP contribution in [0.1, 0.15) is 44.6 Å². The second kappa shape index (κ2) is 7.03. The lowest BCUT2D eigenvalue weighted by atomic mass is 10.0. The predicted molar refractivity (Wildman–Crippen MR) is 94.7 cm³/mol. The average Bonchev–Trinajstić information content (AvgIpc) is 2.97. The molecule has 1 fully saturated rings. The highest BCUT2D eigenvalue weighted by atomic mass is 32.2. The molecule has 21 heavy (non-hydrogen) atoms. The number of benzene rings is 1. The number of nitrogens with zero attached hydrogens (tertiary/aromatic N) is 1. The van der Waals surface area contributed by atoms with Crippen molar-refractivity contribution in [3.05, 3.63) is 41.6 Å². The Kier molecular flexibility index (Phi) is 5.34. The molecule has 0 aliphatic heterocycles. The van der Waals surface area contributed by atoms with Crippen molar-refractivity contribution in [2.45, 2.75) is 43.8 Å². The maximum Gasteiger partial charge on any atom is 0.130 e. The van der Waals surface area contributed by atoms with Crippen LogP contribution in [0.15, 0.2) is 41.0 Å². The number of nitrogen functional groups attached to an aromatic ring is 1. The number of rotatable bonds is 5. The summed E-state index contributed by atoms with van der Waals surface area (Å²) < 4.78 is 0.147. The van der Waals surface area contributed by atoms with Crippen molar-refractivity contribution < 1.29 is 0 Å². The highest BCUT2D eigenvalue weighted by Crippen LogP contribution is 2.46. The van der Waals surface area contributed by atoms with Crippen molar-refractivity contribution in [3.63, 3.8) is 0 Å². The first-order valence-electron chi connectivity index (χ1n) is 7.57. The molecule has 1 saturated carbocycles. The predicted octanol–water partition coefficient (Wildman–Crippen LogP) is 3.94. The third-order valence-electron chi connectivity index (χ3n) is 4.11. The summed E-state index contributed by atoms with van der Waals surface area (Å²) in [7, 11) is 0. The van der Waals surface area contributed by atoms with Crippen LogP contribution in [0.2, 0.25) is 0 Å². The van der Waals surface area contributed by atoms with Gasteiger partial charge in [0.1, 0.15) is 5.84 Å². The smallest absolute Gasteiger partial charge is 0.130 e. The van der Waals surface area contributed by atoms with Gasteiger partial charge in [-0.05, 0) is 49.8 Å². The number of allylic oxidation sites excluding steroid dienone is 1. The molecule has 2 rings (SSSR count). The van der Waals surface area contributed by atoms with Gasteiger partial charge in [-0.25, -0.2) is 4.99 Å². The molecule has 3 nitrogen and oxygen atoms in total. The van der Waals surface area contributed by atoms with Gasteiger partial charge < -0.3 is 11.5 Å². The Bertz CT molecular complexity index is 525. The van der Waals surface area contributed by atoms with Gasteiger partial charge in [-0.1, -0.05) is 25.8 Å². The quantitative estimate of drug-likeness (QED) is 0.492. The molecule has 0 amide bonds. The standard InChI is InChI=1S/C17H25N3S/c1-3-6-15(17(21-2)11-4-5-12-17)20-16(19)13-7-9-14(18)10-8-13/h6-10H,3-5,11-12,18H2,1-2H3,(H2,19,20)/b15-6-. The van der Waals surface area contributed by atoms with E-state index in [4.69, 9.17) is 16.5 Å². The zero-order chi connectivity index (χ0) is 15.3. The largest absolute Gasteiger partial charge is 0.399 e. The summed E-state index contributed by atoms with van der Waals surface area (Å²) >= 11 is 1.92. The number of hydrogen-bond acceptors (Lipinski definition) is 3. The number of thioether (sulfide) groups is 1. The van der Waals surface area contributed by atoms with Crippen molar-refractivity contribution in [1.29, 1.82) is 0 Å². The molecule has 0 saturated heterocycles. The first-order chi connectivity index (χ1) is 10.1. The van der Waals surface area contributed by atoms with Gasteiger partial charge in [-0.2, -0.15) is 11.8 Å². The van der Waals surface area contributed by atoms with Crippen LogP contribution in [0.3, 0.4) is 0 Å². The summed E-state index contributed by atoms with van der Waals surface area (Å²) in [5.74, 6) is 0.579. The highest BCUT2D eigenvalue weighted by Gasteiger charge is 2.36. The van der Waals surface area contributed by atoms with E-state index in [2.05, 4.69) is 19.3 Å². The van der Waals surface area contributed by atoms with E-state index in [0.717, 1.165) is 23.4 Å². The van der Waals surface area contributed by atoms with E-state index in [9.17, 15) is 0 Å². The van der Waals surface area contributed by atoms with Crippen LogP contribution < -0.4 is 11.5 Å². The van der Waals surface area contributed by atoms with Crippen molar-refractivity contribution >= 4 is 23.3 Å². The molecule has 0 heterocycles. The van der Waals surface area contributed by atoms with Crippen molar-refractivity contribution in [2.75, 3.05) is 12.0 Å². The first kappa shape index (κ1) is 16.0. The SMILES string of the molecule is CC/C=C(\N=C(N)c1ccc(N)cc1)C1(SC)CCCC1. The molecule has 0 spiro atoms. The summed E-state index contributed by atoms with van der Waals surface area (Å²) in [6.07, 6.45) is 10.3. The van der Waals surface area contributed by atoms with Crippen molar-refractivity contribution in [1.82, 2.24) is 0 Å². The first-order valence-corrected chi connectivity index (χ1v) is 8.79. The van der Waals surface area contributed by atoms with Gasteiger partial charge >= 0.3 is 0 Å². The lowest BCUT2D eigenvalue weighted by Gasteiger charge is -2.28. The molecule has 0 atom stereocenters. The summed E-state index contributed by atoms with van der Waals surface area (Å²) in [5.41, 5.74) is 14.8. The van der Waals surface area contributed by atoms with Crippen LogP contribution in [0.4, 0.5) is 5.69 Å². The van der Waals surface area contributed by atoms with Crippen LogP contribution >= 0.6 is 11.8 Å². The fourth-order valence-electron chi connectivity index (χ4n) is 2.89. The van der Waals surface area contributed by atoms with E-state index in [0.29, 0.717) is 5.84 Å². The van der Waals surface area contributed by atoms with Gasteiger partial charge in [0, 0.05) is 11.3 Å². The van der Waals surface area contributed by atoms with E-state index in [-0.39, 0.29) is 4.75 Å². The Hall–Kier alpha value is -1.42. The summed E-state index contributed by atoms with van der Waals surface area (Å²) in [4.78, 5) is 4.79. The topological polar surface area (TPSA) is 64.4 Å². The van der Waals surface area contributed by atoms with E-state index in [1.54, 1.807) is 0 Å². The molecule has 4 heteroatoms. The summed E-state index contributed by atoms with van der Waals surface area (Å²) in [5, 5.41) is 0. The Labute approximate surface area is 131 Å². The molecule has 4 N–H and O–H groups in total. The van der Waals surface area contributed by atoms with Crippen molar-refractivity contribution in [2.24, 2.45) is 10.7 Å². The lowest BCUT2D eigenvalue weighted by molar-refractivity contribution is 0.691. The van der Waals surface area contributed by atoms with Gasteiger partial charge in [0.2, 0.25) is 0 Å². The Balaban J connectivity index is 2.32. The third-order valence-corrected chi connectivity index (χ3v) is 5.51. The molecular formula is C17H25N3S. The molecule has 1 aromatic carbocycles. The van der Waals surface area contributed by atoms with Crippen LogP contribution in [0.5, 0.6) is 0 Å². The zero-order valence-corrected chi connectivity index (χ0v) is 13.7. The van der Waals surface area contributed by atoms with Gasteiger partial charge in [0.25, 0.3) is 0 Å². The van der Waals surface area contributed by atoms with Crippen LogP contribution in [-0.2, 0) is 0 Å². The number of aliphatic imine (C=N–C) groups is 1. The maximum absolute atomic E-state index is 6.22. The van der Waals surface area contributed by atoms with E-state index in [1.807, 2.05) is 36.0 Å². The molecular weight excluding hydrogens is 278 g/mol. The monoisotopic (exact) mass is 303 g/mol. The number of amidine groups is 1. The average molecular weight is 303 g/mol. The molecule has 1 aliphatic rings. The van der Waals surface area contributed by atoms with Crippen LogP contribution in [0, 0.1) is 0 Å². The van der Waals surface area contributed by atoms with Crippen molar-refractivity contribution in [3.8, 4) is 0 Å². The van der Waals surface area contributed by atoms with E-state index >= 15 is 0 Å². The summed E-state index contributed by atoms with van der Waals surface area (Å²) in [6, 6.07) is 7.58. The Morgan fingerprint density at radius 1 is 1.29 bits per heavy atom.